The number of carbonyl (C=O) groups excluding carboxylic acids is 1. The topological polar surface area (TPSA) is 49.3 Å². The summed E-state index contributed by atoms with van der Waals surface area (Å²) in [5.41, 5.74) is 0. The summed E-state index contributed by atoms with van der Waals surface area (Å²) in [5, 5.41) is 0.659. The van der Waals surface area contributed by atoms with Crippen LogP contribution in [0.2, 0.25) is 0 Å². The Morgan fingerprint density at radius 2 is 2.05 bits per heavy atom. The fraction of sp³-hybridized carbons (Fsp3) is 0.750. The summed E-state index contributed by atoms with van der Waals surface area (Å²) >= 11 is 1.20. The summed E-state index contributed by atoms with van der Waals surface area (Å²) in [5.74, 6) is -5.75. The van der Waals surface area contributed by atoms with Crippen molar-refractivity contribution in [2.75, 3.05) is 31.1 Å². The van der Waals surface area contributed by atoms with Gasteiger partial charge in [-0.1, -0.05) is 6.92 Å². The number of alkyl halides is 4. The van der Waals surface area contributed by atoms with E-state index >= 15 is 0 Å². The summed E-state index contributed by atoms with van der Waals surface area (Å²) in [6, 6.07) is 0. The molecular weight excluding hydrogens is 324 g/mol. The third-order valence-electron chi connectivity index (χ3n) is 3.39. The van der Waals surface area contributed by atoms with E-state index < -0.39 is 18.3 Å². The Kier molecular flexibility index (Phi) is 5.20. The highest BCUT2D eigenvalue weighted by Gasteiger charge is 2.51. The number of hydrogen-bond acceptors (Lipinski definition) is 5. The van der Waals surface area contributed by atoms with E-state index in [4.69, 9.17) is 0 Å². The van der Waals surface area contributed by atoms with Crippen LogP contribution in [0.4, 0.5) is 22.7 Å². The Hall–Kier alpha value is -1.45. The minimum atomic E-state index is -4.63. The normalized spacial score (nSPS) is 17.0. The zero-order valence-electron chi connectivity index (χ0n) is 11.9. The highest BCUT2D eigenvalue weighted by Crippen LogP contribution is 2.26. The number of aromatic nitrogens is 2. The van der Waals surface area contributed by atoms with E-state index in [1.165, 1.54) is 11.5 Å². The van der Waals surface area contributed by atoms with Crippen molar-refractivity contribution in [1.82, 2.24) is 14.3 Å². The van der Waals surface area contributed by atoms with Crippen molar-refractivity contribution in [3.8, 4) is 0 Å². The average molecular weight is 340 g/mol. The first-order valence-electron chi connectivity index (χ1n) is 6.89. The van der Waals surface area contributed by atoms with Crippen molar-refractivity contribution < 1.29 is 22.4 Å². The van der Waals surface area contributed by atoms with Crippen molar-refractivity contribution in [3.63, 3.8) is 0 Å². The molecule has 2 heterocycles. The van der Waals surface area contributed by atoms with Gasteiger partial charge in [0.1, 0.15) is 5.82 Å². The maximum Gasteiger partial charge on any atom is 0.383 e. The van der Waals surface area contributed by atoms with Crippen LogP contribution >= 0.6 is 11.5 Å². The number of halogens is 4. The maximum absolute atomic E-state index is 13.2. The summed E-state index contributed by atoms with van der Waals surface area (Å²) in [6.45, 7) is 2.69. The van der Waals surface area contributed by atoms with E-state index in [-0.39, 0.29) is 19.6 Å². The molecule has 1 aliphatic rings. The van der Waals surface area contributed by atoms with Crippen molar-refractivity contribution in [1.29, 1.82) is 0 Å². The molecular formula is C12H16F4N4OS. The Morgan fingerprint density at radius 3 is 2.64 bits per heavy atom. The molecule has 5 nitrogen and oxygen atoms in total. The smallest absolute Gasteiger partial charge is 0.345 e. The Labute approximate surface area is 129 Å². The SMILES string of the molecule is CCc1nsc(N2CCCN(C(=O)C(F)(F)C(F)F)CC2)n1. The molecule has 1 aromatic rings. The molecule has 1 aliphatic heterocycles. The summed E-state index contributed by atoms with van der Waals surface area (Å²) < 4.78 is 55.0. The second kappa shape index (κ2) is 6.76. The zero-order chi connectivity index (χ0) is 16.3. The highest BCUT2D eigenvalue weighted by molar-refractivity contribution is 7.09. The average Bonchev–Trinajstić information content (AvgIpc) is 2.83. The zero-order valence-corrected chi connectivity index (χ0v) is 12.8. The van der Waals surface area contributed by atoms with Gasteiger partial charge in [-0.3, -0.25) is 4.79 Å². The predicted molar refractivity (Wildman–Crippen MR) is 73.6 cm³/mol. The van der Waals surface area contributed by atoms with Gasteiger partial charge < -0.3 is 9.80 Å². The molecule has 0 aromatic carbocycles. The predicted octanol–water partition coefficient (Wildman–Crippen LogP) is 2.04. The highest BCUT2D eigenvalue weighted by atomic mass is 32.1. The fourth-order valence-corrected chi connectivity index (χ4v) is 2.93. The van der Waals surface area contributed by atoms with Crippen molar-refractivity contribution in [2.45, 2.75) is 32.1 Å². The van der Waals surface area contributed by atoms with Gasteiger partial charge in [-0.15, -0.1) is 0 Å². The number of aryl methyl sites for hydroxylation is 1. The van der Waals surface area contributed by atoms with Crippen molar-refractivity contribution in [3.05, 3.63) is 5.82 Å². The van der Waals surface area contributed by atoms with Gasteiger partial charge in [0.2, 0.25) is 5.13 Å². The summed E-state index contributed by atoms with van der Waals surface area (Å²) in [6.07, 6.45) is -2.89. The molecule has 0 spiro atoms. The summed E-state index contributed by atoms with van der Waals surface area (Å²) in [4.78, 5) is 18.5. The van der Waals surface area contributed by atoms with Gasteiger partial charge in [0.15, 0.2) is 0 Å². The van der Waals surface area contributed by atoms with Crippen LogP contribution in [0.5, 0.6) is 0 Å². The van der Waals surface area contributed by atoms with Gasteiger partial charge >= 0.3 is 12.3 Å². The van der Waals surface area contributed by atoms with Crippen LogP contribution in [0.3, 0.4) is 0 Å². The first-order chi connectivity index (χ1) is 10.4. The van der Waals surface area contributed by atoms with Gasteiger partial charge in [0.05, 0.1) is 0 Å². The molecule has 1 fully saturated rings. The maximum atomic E-state index is 13.2. The molecule has 1 saturated heterocycles. The molecule has 0 aliphatic carbocycles. The quantitative estimate of drug-likeness (QED) is 0.787. The third kappa shape index (κ3) is 3.47. The van der Waals surface area contributed by atoms with Crippen LogP contribution in [0.25, 0.3) is 0 Å². The van der Waals surface area contributed by atoms with Gasteiger partial charge in [0, 0.05) is 44.1 Å². The van der Waals surface area contributed by atoms with Gasteiger partial charge in [-0.25, -0.2) is 13.8 Å². The van der Waals surface area contributed by atoms with Crippen molar-refractivity contribution in [2.24, 2.45) is 0 Å². The minimum Gasteiger partial charge on any atom is -0.345 e. The van der Waals surface area contributed by atoms with Crippen LogP contribution in [0.15, 0.2) is 0 Å². The van der Waals surface area contributed by atoms with Crippen LogP contribution in [0, 0.1) is 0 Å². The first kappa shape index (κ1) is 16.9. The lowest BCUT2D eigenvalue weighted by Gasteiger charge is -2.25. The third-order valence-corrected chi connectivity index (χ3v) is 4.20. The van der Waals surface area contributed by atoms with E-state index in [2.05, 4.69) is 9.36 Å². The Bertz CT molecular complexity index is 525. The number of amides is 1. The molecule has 124 valence electrons. The molecule has 1 amide bonds. The molecule has 1 aromatic heterocycles. The monoisotopic (exact) mass is 340 g/mol. The fourth-order valence-electron chi connectivity index (χ4n) is 2.13. The molecule has 22 heavy (non-hydrogen) atoms. The lowest BCUT2D eigenvalue weighted by molar-refractivity contribution is -0.180. The van der Waals surface area contributed by atoms with E-state index in [9.17, 15) is 22.4 Å². The molecule has 0 saturated carbocycles. The molecule has 0 N–H and O–H groups in total. The molecule has 2 rings (SSSR count). The second-order valence-electron chi connectivity index (χ2n) is 4.90. The van der Waals surface area contributed by atoms with Crippen LogP contribution in [-0.2, 0) is 11.2 Å². The lowest BCUT2D eigenvalue weighted by Crippen LogP contribution is -2.48. The standard InChI is InChI=1S/C12H16F4N4OS/c1-2-8-17-11(22-18-8)20-5-3-4-19(6-7-20)10(21)12(15,16)9(13)14/h9H,2-7H2,1H3. The summed E-state index contributed by atoms with van der Waals surface area (Å²) in [7, 11) is 0. The number of nitrogens with zero attached hydrogens (tertiary/aromatic N) is 4. The lowest BCUT2D eigenvalue weighted by atomic mass is 10.2. The molecule has 0 radical (unpaired) electrons. The molecule has 0 atom stereocenters. The minimum absolute atomic E-state index is 0.0249. The van der Waals surface area contributed by atoms with E-state index in [1.807, 2.05) is 11.8 Å². The van der Waals surface area contributed by atoms with Gasteiger partial charge in [-0.2, -0.15) is 13.2 Å². The molecule has 10 heteroatoms. The number of hydrogen-bond donors (Lipinski definition) is 0. The Balaban J connectivity index is 2.02. The number of carbonyl (C=O) groups is 1. The first-order valence-corrected chi connectivity index (χ1v) is 7.66. The van der Waals surface area contributed by atoms with E-state index in [1.54, 1.807) is 0 Å². The molecule has 0 unspecified atom stereocenters. The van der Waals surface area contributed by atoms with Crippen LogP contribution in [0.1, 0.15) is 19.2 Å². The Morgan fingerprint density at radius 1 is 1.32 bits per heavy atom. The van der Waals surface area contributed by atoms with Crippen molar-refractivity contribution >= 4 is 22.6 Å². The van der Waals surface area contributed by atoms with E-state index in [0.717, 1.165) is 4.90 Å². The van der Waals surface area contributed by atoms with E-state index in [0.29, 0.717) is 30.3 Å². The number of rotatable bonds is 4. The van der Waals surface area contributed by atoms with Crippen LogP contribution < -0.4 is 4.90 Å². The van der Waals surface area contributed by atoms with Gasteiger partial charge in [-0.05, 0) is 6.42 Å². The second-order valence-corrected chi connectivity index (χ2v) is 5.63. The largest absolute Gasteiger partial charge is 0.383 e. The van der Waals surface area contributed by atoms with Crippen LogP contribution in [-0.4, -0.2) is 58.7 Å². The molecule has 0 bridgehead atoms. The van der Waals surface area contributed by atoms with Gasteiger partial charge in [0.25, 0.3) is 5.91 Å². The number of anilines is 1.